The number of methoxy groups -OCH3 is 1. The van der Waals surface area contributed by atoms with Crippen LogP contribution >= 0.6 is 0 Å². The summed E-state index contributed by atoms with van der Waals surface area (Å²) in [4.78, 5) is 4.55. The minimum Gasteiger partial charge on any atom is -0.497 e. The van der Waals surface area contributed by atoms with Gasteiger partial charge in [0.25, 0.3) is 0 Å². The molecule has 0 aliphatic heterocycles. The molecule has 1 rings (SSSR count). The van der Waals surface area contributed by atoms with Crippen molar-refractivity contribution in [3.63, 3.8) is 0 Å². The van der Waals surface area contributed by atoms with Crippen molar-refractivity contribution in [2.45, 2.75) is 33.2 Å². The zero-order chi connectivity index (χ0) is 14.1. The lowest BCUT2D eigenvalue weighted by Gasteiger charge is -2.13. The number of guanidine groups is 1. The second kappa shape index (κ2) is 8.40. The van der Waals surface area contributed by atoms with E-state index in [1.807, 2.05) is 12.1 Å². The average Bonchev–Trinajstić information content (AvgIpc) is 2.39. The highest BCUT2D eigenvalue weighted by Gasteiger charge is 1.99. The molecule has 0 saturated heterocycles. The first-order chi connectivity index (χ1) is 9.15. The zero-order valence-corrected chi connectivity index (χ0v) is 12.4. The van der Waals surface area contributed by atoms with Crippen LogP contribution in [-0.2, 0) is 6.42 Å². The number of rotatable bonds is 6. The Labute approximate surface area is 116 Å². The van der Waals surface area contributed by atoms with Crippen LogP contribution in [-0.4, -0.2) is 32.2 Å². The summed E-state index contributed by atoms with van der Waals surface area (Å²) in [5.41, 5.74) is 1.27. The van der Waals surface area contributed by atoms with E-state index >= 15 is 0 Å². The molecule has 4 nitrogen and oxygen atoms in total. The van der Waals surface area contributed by atoms with Crippen LogP contribution in [0.1, 0.15) is 26.3 Å². The molecule has 0 heterocycles. The predicted octanol–water partition coefficient (Wildman–Crippen LogP) is 2.20. The number of hydrogen-bond donors (Lipinski definition) is 2. The molecule has 106 valence electrons. The highest BCUT2D eigenvalue weighted by atomic mass is 16.5. The highest BCUT2D eigenvalue weighted by molar-refractivity contribution is 5.79. The molecule has 0 aromatic heterocycles. The minimum absolute atomic E-state index is 0.388. The van der Waals surface area contributed by atoms with E-state index in [4.69, 9.17) is 4.74 Å². The van der Waals surface area contributed by atoms with Crippen LogP contribution in [0, 0.1) is 0 Å². The van der Waals surface area contributed by atoms with Crippen molar-refractivity contribution >= 4 is 5.96 Å². The fourth-order valence-corrected chi connectivity index (χ4v) is 1.68. The van der Waals surface area contributed by atoms with Crippen molar-refractivity contribution in [2.24, 2.45) is 4.99 Å². The summed E-state index contributed by atoms with van der Waals surface area (Å²) < 4.78 is 5.14. The van der Waals surface area contributed by atoms with Gasteiger partial charge in [0.1, 0.15) is 5.75 Å². The summed E-state index contributed by atoms with van der Waals surface area (Å²) in [6.07, 6.45) is 0.929. The summed E-state index contributed by atoms with van der Waals surface area (Å²) in [7, 11) is 1.68. The maximum Gasteiger partial charge on any atom is 0.191 e. The molecule has 0 aliphatic carbocycles. The Hall–Kier alpha value is -1.71. The quantitative estimate of drug-likeness (QED) is 0.611. The first kappa shape index (κ1) is 15.3. The molecular formula is C15H25N3O. The molecule has 0 aliphatic rings. The third-order valence-electron chi connectivity index (χ3n) is 2.60. The van der Waals surface area contributed by atoms with E-state index in [2.05, 4.69) is 48.5 Å². The van der Waals surface area contributed by atoms with E-state index in [0.717, 1.165) is 31.2 Å². The van der Waals surface area contributed by atoms with Crippen molar-refractivity contribution in [2.75, 3.05) is 20.2 Å². The maximum atomic E-state index is 5.14. The molecule has 1 aromatic rings. The largest absolute Gasteiger partial charge is 0.497 e. The van der Waals surface area contributed by atoms with Crippen molar-refractivity contribution in [3.05, 3.63) is 29.8 Å². The van der Waals surface area contributed by atoms with Crippen LogP contribution < -0.4 is 15.4 Å². The predicted molar refractivity (Wildman–Crippen MR) is 80.9 cm³/mol. The summed E-state index contributed by atoms with van der Waals surface area (Å²) in [5.74, 6) is 1.77. The Balaban J connectivity index is 2.48. The van der Waals surface area contributed by atoms with Crippen LogP contribution in [0.2, 0.25) is 0 Å². The lowest BCUT2D eigenvalue weighted by Crippen LogP contribution is -2.41. The monoisotopic (exact) mass is 263 g/mol. The van der Waals surface area contributed by atoms with Gasteiger partial charge < -0.3 is 15.4 Å². The molecule has 0 unspecified atom stereocenters. The molecule has 0 amide bonds. The number of benzene rings is 1. The van der Waals surface area contributed by atoms with Crippen molar-refractivity contribution in [1.82, 2.24) is 10.6 Å². The van der Waals surface area contributed by atoms with Gasteiger partial charge in [-0.3, -0.25) is 4.99 Å². The fourth-order valence-electron chi connectivity index (χ4n) is 1.68. The average molecular weight is 263 g/mol. The number of aliphatic imine (C=N–C) groups is 1. The summed E-state index contributed by atoms with van der Waals surface area (Å²) >= 11 is 0. The van der Waals surface area contributed by atoms with Gasteiger partial charge in [0, 0.05) is 19.1 Å². The van der Waals surface area contributed by atoms with Gasteiger partial charge >= 0.3 is 0 Å². The van der Waals surface area contributed by atoms with E-state index in [9.17, 15) is 0 Å². The molecule has 2 N–H and O–H groups in total. The topological polar surface area (TPSA) is 45.7 Å². The SMILES string of the molecule is CCNC(=NCCc1ccc(OC)cc1)NC(C)C. The summed E-state index contributed by atoms with van der Waals surface area (Å²) in [5, 5.41) is 6.54. The zero-order valence-electron chi connectivity index (χ0n) is 12.4. The lowest BCUT2D eigenvalue weighted by molar-refractivity contribution is 0.414. The van der Waals surface area contributed by atoms with Gasteiger partial charge in [-0.15, -0.1) is 0 Å². The molecule has 0 radical (unpaired) electrons. The standard InChI is InChI=1S/C15H25N3O/c1-5-16-15(18-12(2)3)17-11-10-13-6-8-14(19-4)9-7-13/h6-9,12H,5,10-11H2,1-4H3,(H2,16,17,18). The van der Waals surface area contributed by atoms with E-state index in [1.165, 1.54) is 5.56 Å². The molecule has 19 heavy (non-hydrogen) atoms. The van der Waals surface area contributed by atoms with E-state index in [-0.39, 0.29) is 0 Å². The van der Waals surface area contributed by atoms with Gasteiger partial charge in [-0.25, -0.2) is 0 Å². The molecule has 0 atom stereocenters. The molecule has 1 aromatic carbocycles. The molecule has 0 fully saturated rings. The maximum absolute atomic E-state index is 5.14. The minimum atomic E-state index is 0.388. The third-order valence-corrected chi connectivity index (χ3v) is 2.60. The van der Waals surface area contributed by atoms with Crippen molar-refractivity contribution < 1.29 is 4.74 Å². The van der Waals surface area contributed by atoms with Crippen LogP contribution in [0.4, 0.5) is 0 Å². The first-order valence-electron chi connectivity index (χ1n) is 6.83. The second-order valence-corrected chi connectivity index (χ2v) is 4.66. The molecular weight excluding hydrogens is 238 g/mol. The van der Waals surface area contributed by atoms with Crippen LogP contribution in [0.15, 0.2) is 29.3 Å². The normalized spacial score (nSPS) is 11.5. The number of hydrogen-bond acceptors (Lipinski definition) is 2. The first-order valence-corrected chi connectivity index (χ1v) is 6.83. The fraction of sp³-hybridized carbons (Fsp3) is 0.533. The Bertz CT molecular complexity index is 385. The van der Waals surface area contributed by atoms with Crippen LogP contribution in [0.25, 0.3) is 0 Å². The van der Waals surface area contributed by atoms with Gasteiger partial charge in [-0.05, 0) is 44.9 Å². The third kappa shape index (κ3) is 6.13. The van der Waals surface area contributed by atoms with Gasteiger partial charge in [0.2, 0.25) is 0 Å². The van der Waals surface area contributed by atoms with Gasteiger partial charge in [-0.1, -0.05) is 12.1 Å². The van der Waals surface area contributed by atoms with E-state index in [0.29, 0.717) is 6.04 Å². The summed E-state index contributed by atoms with van der Waals surface area (Å²) in [6.45, 7) is 7.93. The van der Waals surface area contributed by atoms with E-state index < -0.39 is 0 Å². The molecule has 0 spiro atoms. The lowest BCUT2D eigenvalue weighted by atomic mass is 10.1. The number of nitrogens with one attached hydrogen (secondary N) is 2. The number of nitrogens with zero attached hydrogens (tertiary/aromatic N) is 1. The van der Waals surface area contributed by atoms with Crippen LogP contribution in [0.5, 0.6) is 5.75 Å². The van der Waals surface area contributed by atoms with E-state index in [1.54, 1.807) is 7.11 Å². The Morgan fingerprint density at radius 2 is 1.95 bits per heavy atom. The Kier molecular flexibility index (Phi) is 6.79. The molecule has 4 heteroatoms. The smallest absolute Gasteiger partial charge is 0.191 e. The second-order valence-electron chi connectivity index (χ2n) is 4.66. The Morgan fingerprint density at radius 3 is 2.47 bits per heavy atom. The number of ether oxygens (including phenoxy) is 1. The molecule has 0 bridgehead atoms. The summed E-state index contributed by atoms with van der Waals surface area (Å²) in [6, 6.07) is 8.51. The van der Waals surface area contributed by atoms with Gasteiger partial charge in [0.05, 0.1) is 7.11 Å². The molecule has 0 saturated carbocycles. The van der Waals surface area contributed by atoms with Crippen LogP contribution in [0.3, 0.4) is 0 Å². The highest BCUT2D eigenvalue weighted by Crippen LogP contribution is 2.11. The van der Waals surface area contributed by atoms with Crippen molar-refractivity contribution in [3.8, 4) is 5.75 Å². The van der Waals surface area contributed by atoms with Gasteiger partial charge in [0.15, 0.2) is 5.96 Å². The Morgan fingerprint density at radius 1 is 1.26 bits per heavy atom. The van der Waals surface area contributed by atoms with Gasteiger partial charge in [-0.2, -0.15) is 0 Å². The van der Waals surface area contributed by atoms with Crippen molar-refractivity contribution in [1.29, 1.82) is 0 Å².